The summed E-state index contributed by atoms with van der Waals surface area (Å²) in [6.45, 7) is 6.13. The molecule has 9 heteroatoms. The van der Waals surface area contributed by atoms with Crippen molar-refractivity contribution in [2.24, 2.45) is 18.9 Å². The highest BCUT2D eigenvalue weighted by atomic mass is 35.5. The van der Waals surface area contributed by atoms with E-state index in [9.17, 15) is 9.59 Å². The Bertz CT molecular complexity index is 1270. The third-order valence-corrected chi connectivity index (χ3v) is 6.36. The van der Waals surface area contributed by atoms with Crippen molar-refractivity contribution >= 4 is 45.8 Å². The molecule has 3 aromatic rings. The molecule has 0 unspecified atom stereocenters. The van der Waals surface area contributed by atoms with Gasteiger partial charge in [-0.2, -0.15) is 0 Å². The van der Waals surface area contributed by atoms with E-state index < -0.39 is 5.97 Å². The lowest BCUT2D eigenvalue weighted by molar-refractivity contribution is -0.142. The molecule has 1 aliphatic heterocycles. The molecule has 34 heavy (non-hydrogen) atoms. The predicted molar refractivity (Wildman–Crippen MR) is 134 cm³/mol. The molecule has 3 heterocycles. The average molecular weight is 485 g/mol. The van der Waals surface area contributed by atoms with Crippen LogP contribution in [-0.2, 0) is 16.6 Å². The van der Waals surface area contributed by atoms with Crippen LogP contribution in [0, 0.1) is 11.8 Å². The van der Waals surface area contributed by atoms with Crippen LogP contribution in [0.4, 0.5) is 17.3 Å². The van der Waals surface area contributed by atoms with Gasteiger partial charge in [0, 0.05) is 31.2 Å². The van der Waals surface area contributed by atoms with E-state index in [0.29, 0.717) is 22.7 Å². The van der Waals surface area contributed by atoms with E-state index >= 15 is 0 Å². The number of benzene rings is 1. The molecule has 1 N–H and O–H groups in total. The van der Waals surface area contributed by atoms with E-state index in [1.807, 2.05) is 30.3 Å². The number of anilines is 3. The van der Waals surface area contributed by atoms with E-state index in [0.717, 1.165) is 35.5 Å². The van der Waals surface area contributed by atoms with Crippen molar-refractivity contribution in [3.8, 4) is 5.75 Å². The number of carbonyl (C=O) groups is 1. The minimum Gasteiger partial charge on any atom is -0.476 e. The topological polar surface area (TPSA) is 85.7 Å². The van der Waals surface area contributed by atoms with Gasteiger partial charge in [-0.3, -0.25) is 4.79 Å². The van der Waals surface area contributed by atoms with E-state index in [1.165, 1.54) is 18.1 Å². The third-order valence-electron chi connectivity index (χ3n) is 6.05. The van der Waals surface area contributed by atoms with Gasteiger partial charge in [0.25, 0.3) is 5.56 Å². The van der Waals surface area contributed by atoms with Crippen molar-refractivity contribution in [3.63, 3.8) is 0 Å². The molecular weight excluding hydrogens is 456 g/mol. The van der Waals surface area contributed by atoms with E-state index in [1.54, 1.807) is 13.1 Å². The number of hydrogen-bond donors (Lipinski definition) is 1. The Balaban J connectivity index is 1.62. The normalized spacial score (nSPS) is 18.1. The maximum absolute atomic E-state index is 12.6. The molecule has 4 rings (SSSR count). The molecule has 1 aliphatic rings. The van der Waals surface area contributed by atoms with Crippen molar-refractivity contribution in [1.82, 2.24) is 9.55 Å². The first kappa shape index (κ1) is 23.9. The largest absolute Gasteiger partial charge is 0.476 e. The summed E-state index contributed by atoms with van der Waals surface area (Å²) in [6.07, 6.45) is 1.22. The fourth-order valence-electron chi connectivity index (χ4n) is 4.51. The Hall–Kier alpha value is -3.26. The number of pyridine rings is 2. The number of halogens is 1. The minimum absolute atomic E-state index is 0.0732. The summed E-state index contributed by atoms with van der Waals surface area (Å²) < 4.78 is 11.5. The highest BCUT2D eigenvalue weighted by molar-refractivity contribution is 6.33. The molecular formula is C25H29ClN4O4. The Kier molecular flexibility index (Phi) is 6.97. The second-order valence-electron chi connectivity index (χ2n) is 8.99. The summed E-state index contributed by atoms with van der Waals surface area (Å²) in [6, 6.07) is 11.0. The van der Waals surface area contributed by atoms with Crippen LogP contribution in [-0.4, -0.2) is 42.3 Å². The van der Waals surface area contributed by atoms with Gasteiger partial charge in [0.2, 0.25) is 0 Å². The maximum atomic E-state index is 12.6. The van der Waals surface area contributed by atoms with Crippen LogP contribution in [0.2, 0.25) is 5.02 Å². The lowest BCUT2D eigenvalue weighted by Crippen LogP contribution is -2.39. The standard InChI is InChI=1S/C25H29ClN4O4/c1-15-9-16(2)13-30(12-15)22-8-6-19(26)24(28-22)27-18-5-7-20-17(10-18)11-21(25(32)29(20)3)34-14-23(31)33-4/h5-8,10-11,15-16H,9,12-14H2,1-4H3,(H,27,28)/t15-,16+. The fraction of sp³-hybridized carbons (Fsp3) is 0.400. The van der Waals surface area contributed by atoms with Crippen molar-refractivity contribution in [3.05, 3.63) is 51.8 Å². The number of nitrogens with one attached hydrogen (secondary N) is 1. The van der Waals surface area contributed by atoms with Gasteiger partial charge in [0.15, 0.2) is 18.2 Å². The van der Waals surface area contributed by atoms with E-state index in [2.05, 4.69) is 28.8 Å². The van der Waals surface area contributed by atoms with Crippen LogP contribution in [0.25, 0.3) is 10.9 Å². The van der Waals surface area contributed by atoms with Crippen molar-refractivity contribution < 1.29 is 14.3 Å². The SMILES string of the molecule is COC(=O)COc1cc2cc(Nc3nc(N4C[C@H](C)C[C@H](C)C4)ccc3Cl)ccc2n(C)c1=O. The van der Waals surface area contributed by atoms with Crippen molar-refractivity contribution in [1.29, 1.82) is 0 Å². The molecule has 0 saturated carbocycles. The fourth-order valence-corrected chi connectivity index (χ4v) is 4.66. The second kappa shape index (κ2) is 9.93. The molecule has 0 amide bonds. The van der Waals surface area contributed by atoms with Gasteiger partial charge in [0.05, 0.1) is 17.6 Å². The van der Waals surface area contributed by atoms with Gasteiger partial charge in [-0.15, -0.1) is 0 Å². The number of aryl methyl sites for hydroxylation is 1. The smallest absolute Gasteiger partial charge is 0.343 e. The average Bonchev–Trinajstić information content (AvgIpc) is 2.81. The molecule has 0 bridgehead atoms. The highest BCUT2D eigenvalue weighted by Crippen LogP contribution is 2.31. The lowest BCUT2D eigenvalue weighted by Gasteiger charge is -2.36. The van der Waals surface area contributed by atoms with Crippen LogP contribution in [0.3, 0.4) is 0 Å². The van der Waals surface area contributed by atoms with Crippen LogP contribution in [0.15, 0.2) is 41.2 Å². The number of hydrogen-bond acceptors (Lipinski definition) is 7. The van der Waals surface area contributed by atoms with E-state index in [-0.39, 0.29) is 17.9 Å². The number of piperidine rings is 1. The number of methoxy groups -OCH3 is 1. The van der Waals surface area contributed by atoms with Gasteiger partial charge < -0.3 is 24.3 Å². The molecule has 1 aromatic carbocycles. The lowest BCUT2D eigenvalue weighted by atomic mass is 9.92. The van der Waals surface area contributed by atoms with Gasteiger partial charge in [-0.05, 0) is 54.7 Å². The van der Waals surface area contributed by atoms with Crippen LogP contribution in [0.1, 0.15) is 20.3 Å². The second-order valence-corrected chi connectivity index (χ2v) is 9.39. The summed E-state index contributed by atoms with van der Waals surface area (Å²) in [5, 5.41) is 4.59. The Morgan fingerprint density at radius 3 is 2.62 bits per heavy atom. The zero-order valence-corrected chi connectivity index (χ0v) is 20.6. The zero-order valence-electron chi connectivity index (χ0n) is 19.8. The van der Waals surface area contributed by atoms with Gasteiger partial charge >= 0.3 is 5.97 Å². The minimum atomic E-state index is -0.560. The quantitative estimate of drug-likeness (QED) is 0.520. The molecule has 1 fully saturated rings. The molecule has 0 spiro atoms. The Morgan fingerprint density at radius 1 is 1.18 bits per heavy atom. The molecule has 1 saturated heterocycles. The monoisotopic (exact) mass is 484 g/mol. The highest BCUT2D eigenvalue weighted by Gasteiger charge is 2.23. The summed E-state index contributed by atoms with van der Waals surface area (Å²) in [4.78, 5) is 31.1. The first-order chi connectivity index (χ1) is 16.2. The zero-order chi connectivity index (χ0) is 24.4. The third kappa shape index (κ3) is 5.12. The molecule has 0 radical (unpaired) electrons. The number of carbonyl (C=O) groups excluding carboxylic acids is 1. The Labute approximate surface area is 203 Å². The van der Waals surface area contributed by atoms with Crippen LogP contribution >= 0.6 is 11.6 Å². The number of rotatable bonds is 6. The van der Waals surface area contributed by atoms with Gasteiger partial charge in [-0.25, -0.2) is 9.78 Å². The van der Waals surface area contributed by atoms with Crippen molar-refractivity contribution in [2.75, 3.05) is 37.0 Å². The van der Waals surface area contributed by atoms with E-state index in [4.69, 9.17) is 21.3 Å². The van der Waals surface area contributed by atoms with Crippen LogP contribution in [0.5, 0.6) is 5.75 Å². The Morgan fingerprint density at radius 2 is 1.91 bits per heavy atom. The molecule has 8 nitrogen and oxygen atoms in total. The summed E-state index contributed by atoms with van der Waals surface area (Å²) in [5.41, 5.74) is 1.15. The number of esters is 1. The van der Waals surface area contributed by atoms with Crippen LogP contribution < -0.4 is 20.5 Å². The maximum Gasteiger partial charge on any atom is 0.343 e. The van der Waals surface area contributed by atoms with Gasteiger partial charge in [-0.1, -0.05) is 25.4 Å². The van der Waals surface area contributed by atoms with Crippen molar-refractivity contribution in [2.45, 2.75) is 20.3 Å². The summed E-state index contributed by atoms with van der Waals surface area (Å²) in [7, 11) is 2.92. The summed E-state index contributed by atoms with van der Waals surface area (Å²) >= 11 is 6.46. The summed E-state index contributed by atoms with van der Waals surface area (Å²) in [5.74, 6) is 2.20. The first-order valence-corrected chi connectivity index (χ1v) is 11.6. The van der Waals surface area contributed by atoms with Gasteiger partial charge in [0.1, 0.15) is 5.82 Å². The number of aromatic nitrogens is 2. The number of ether oxygens (including phenoxy) is 2. The molecule has 2 atom stereocenters. The number of nitrogens with zero attached hydrogens (tertiary/aromatic N) is 3. The molecule has 180 valence electrons. The number of fused-ring (bicyclic) bond motifs is 1. The first-order valence-electron chi connectivity index (χ1n) is 11.3. The molecule has 0 aliphatic carbocycles. The predicted octanol–water partition coefficient (Wildman–Crippen LogP) is 4.36. The molecule has 2 aromatic heterocycles.